The average molecular weight is 249 g/mol. The number of sulfone groups is 1. The Kier molecular flexibility index (Phi) is 3.44. The van der Waals surface area contributed by atoms with Gasteiger partial charge in [-0.1, -0.05) is 32.5 Å². The van der Waals surface area contributed by atoms with Gasteiger partial charge >= 0.3 is 0 Å². The molecule has 0 radical (unpaired) electrons. The second-order valence-electron chi connectivity index (χ2n) is 4.40. The number of aromatic amines is 1. The highest BCUT2D eigenvalue weighted by Gasteiger charge is 2.19. The van der Waals surface area contributed by atoms with Crippen LogP contribution in [0.2, 0.25) is 0 Å². The monoisotopic (exact) mass is 249 g/mol. The minimum Gasteiger partial charge on any atom is -0.262 e. The fourth-order valence-electron chi connectivity index (χ4n) is 0.806. The van der Waals surface area contributed by atoms with Gasteiger partial charge in [0.15, 0.2) is 9.84 Å². The minimum atomic E-state index is -2.98. The van der Waals surface area contributed by atoms with Crippen LogP contribution < -0.4 is 0 Å². The van der Waals surface area contributed by atoms with Gasteiger partial charge in [-0.15, -0.1) is 5.10 Å². The molecular formula is C8H15N3O2S2. The Morgan fingerprint density at radius 3 is 2.40 bits per heavy atom. The largest absolute Gasteiger partial charge is 0.262 e. The standard InChI is InChI=1S/C8H15N3O2S2/c1-8(2,3)6-9-7(11-10-6)14-5-15(4,12)13/h5H2,1-4H3,(H,9,10,11). The number of hydrogen-bond donors (Lipinski definition) is 1. The fraction of sp³-hybridized carbons (Fsp3) is 0.750. The summed E-state index contributed by atoms with van der Waals surface area (Å²) in [5, 5.41) is 7.24. The van der Waals surface area contributed by atoms with Gasteiger partial charge in [0.1, 0.15) is 10.9 Å². The average Bonchev–Trinajstić information content (AvgIpc) is 2.45. The van der Waals surface area contributed by atoms with Crippen LogP contribution >= 0.6 is 11.8 Å². The van der Waals surface area contributed by atoms with Gasteiger partial charge in [-0.25, -0.2) is 13.4 Å². The molecule has 1 aromatic rings. The molecule has 0 spiro atoms. The SMILES string of the molecule is CC(C)(C)c1nc(SCS(C)(=O)=O)n[nH]1. The topological polar surface area (TPSA) is 75.7 Å². The summed E-state index contributed by atoms with van der Waals surface area (Å²) in [4.78, 5) is 4.22. The van der Waals surface area contributed by atoms with E-state index in [1.807, 2.05) is 20.8 Å². The van der Waals surface area contributed by atoms with Crippen molar-refractivity contribution in [3.8, 4) is 0 Å². The van der Waals surface area contributed by atoms with Crippen molar-refractivity contribution in [3.05, 3.63) is 5.82 Å². The molecule has 1 aromatic heterocycles. The third-order valence-electron chi connectivity index (χ3n) is 1.58. The molecule has 0 atom stereocenters. The van der Waals surface area contributed by atoms with Gasteiger partial charge in [-0.2, -0.15) is 0 Å². The van der Waals surface area contributed by atoms with Crippen LogP contribution in [0.3, 0.4) is 0 Å². The summed E-state index contributed by atoms with van der Waals surface area (Å²) in [6, 6.07) is 0. The van der Waals surface area contributed by atoms with Crippen molar-refractivity contribution >= 4 is 21.6 Å². The van der Waals surface area contributed by atoms with Gasteiger partial charge in [-0.05, 0) is 0 Å². The lowest BCUT2D eigenvalue weighted by molar-refractivity contribution is 0.547. The molecule has 7 heteroatoms. The zero-order valence-corrected chi connectivity index (χ0v) is 10.9. The quantitative estimate of drug-likeness (QED) is 0.814. The summed E-state index contributed by atoms with van der Waals surface area (Å²) in [6.45, 7) is 6.04. The maximum Gasteiger partial charge on any atom is 0.209 e. The first-order chi connectivity index (χ1) is 6.68. The summed E-state index contributed by atoms with van der Waals surface area (Å²) in [5.41, 5.74) is -0.100. The molecule has 0 bridgehead atoms. The van der Waals surface area contributed by atoms with Crippen molar-refractivity contribution in [2.75, 3.05) is 11.3 Å². The van der Waals surface area contributed by atoms with Crippen molar-refractivity contribution < 1.29 is 8.42 Å². The van der Waals surface area contributed by atoms with Crippen molar-refractivity contribution in [1.29, 1.82) is 0 Å². The number of hydrogen-bond acceptors (Lipinski definition) is 5. The zero-order chi connectivity index (χ0) is 11.7. The van der Waals surface area contributed by atoms with Crippen molar-refractivity contribution in [2.45, 2.75) is 31.3 Å². The van der Waals surface area contributed by atoms with E-state index in [0.29, 0.717) is 5.16 Å². The molecule has 5 nitrogen and oxygen atoms in total. The molecule has 0 aliphatic heterocycles. The van der Waals surface area contributed by atoms with Gasteiger partial charge in [0.05, 0.1) is 0 Å². The minimum absolute atomic E-state index is 0.00837. The molecule has 1 heterocycles. The molecule has 0 unspecified atom stereocenters. The van der Waals surface area contributed by atoms with Crippen LogP contribution in [0.15, 0.2) is 5.16 Å². The van der Waals surface area contributed by atoms with Crippen LogP contribution in [0, 0.1) is 0 Å². The summed E-state index contributed by atoms with van der Waals surface area (Å²) in [6.07, 6.45) is 1.19. The number of aromatic nitrogens is 3. The molecule has 0 aromatic carbocycles. The van der Waals surface area contributed by atoms with Crippen molar-refractivity contribution in [3.63, 3.8) is 0 Å². The molecular weight excluding hydrogens is 234 g/mol. The molecule has 86 valence electrons. The van der Waals surface area contributed by atoms with Crippen LogP contribution in [0.25, 0.3) is 0 Å². The number of thioether (sulfide) groups is 1. The van der Waals surface area contributed by atoms with E-state index in [0.717, 1.165) is 17.6 Å². The molecule has 0 fully saturated rings. The van der Waals surface area contributed by atoms with E-state index >= 15 is 0 Å². The fourth-order valence-corrected chi connectivity index (χ4v) is 2.35. The predicted octanol–water partition coefficient (Wildman–Crippen LogP) is 1.20. The maximum atomic E-state index is 10.9. The Labute approximate surface area is 94.0 Å². The van der Waals surface area contributed by atoms with E-state index in [1.165, 1.54) is 6.26 Å². The zero-order valence-electron chi connectivity index (χ0n) is 9.23. The lowest BCUT2D eigenvalue weighted by Gasteiger charge is -2.12. The summed E-state index contributed by atoms with van der Waals surface area (Å²) in [5.74, 6) is 0.763. The highest BCUT2D eigenvalue weighted by Crippen LogP contribution is 2.21. The lowest BCUT2D eigenvalue weighted by Crippen LogP contribution is -2.13. The van der Waals surface area contributed by atoms with Gasteiger partial charge in [0.2, 0.25) is 5.16 Å². The van der Waals surface area contributed by atoms with Gasteiger partial charge in [-0.3, -0.25) is 5.10 Å². The first-order valence-electron chi connectivity index (χ1n) is 4.42. The van der Waals surface area contributed by atoms with Gasteiger partial charge in [0.25, 0.3) is 0 Å². The smallest absolute Gasteiger partial charge is 0.209 e. The number of nitrogens with one attached hydrogen (secondary N) is 1. The second kappa shape index (κ2) is 4.13. The maximum absolute atomic E-state index is 10.9. The van der Waals surface area contributed by atoms with Crippen molar-refractivity contribution in [2.24, 2.45) is 0 Å². The molecule has 1 N–H and O–H groups in total. The molecule has 1 rings (SSSR count). The van der Waals surface area contributed by atoms with Gasteiger partial charge in [0, 0.05) is 11.7 Å². The van der Waals surface area contributed by atoms with Gasteiger partial charge < -0.3 is 0 Å². The van der Waals surface area contributed by atoms with Crippen LogP contribution in [-0.4, -0.2) is 34.9 Å². The van der Waals surface area contributed by atoms with E-state index in [-0.39, 0.29) is 10.5 Å². The second-order valence-corrected chi connectivity index (χ2v) is 7.85. The van der Waals surface area contributed by atoms with E-state index in [9.17, 15) is 8.42 Å². The molecule has 0 amide bonds. The Bertz CT molecular complexity index is 431. The Hall–Kier alpha value is -0.560. The summed E-state index contributed by atoms with van der Waals surface area (Å²) < 4.78 is 21.8. The van der Waals surface area contributed by atoms with Crippen LogP contribution in [-0.2, 0) is 15.3 Å². The molecule has 0 saturated carbocycles. The molecule has 0 saturated heterocycles. The normalized spacial score (nSPS) is 13.1. The Morgan fingerprint density at radius 2 is 2.00 bits per heavy atom. The highest BCUT2D eigenvalue weighted by molar-refractivity contribution is 8.12. The highest BCUT2D eigenvalue weighted by atomic mass is 32.3. The number of H-pyrrole nitrogens is 1. The van der Waals surface area contributed by atoms with Crippen molar-refractivity contribution in [1.82, 2.24) is 15.2 Å². The number of rotatable bonds is 3. The Balaban J connectivity index is 2.70. The summed E-state index contributed by atoms with van der Waals surface area (Å²) in [7, 11) is -2.98. The van der Waals surface area contributed by atoms with E-state index < -0.39 is 9.84 Å². The van der Waals surface area contributed by atoms with Crippen LogP contribution in [0.5, 0.6) is 0 Å². The molecule has 0 aliphatic carbocycles. The third kappa shape index (κ3) is 4.21. The molecule has 15 heavy (non-hydrogen) atoms. The third-order valence-corrected chi connectivity index (χ3v) is 4.20. The van der Waals surface area contributed by atoms with E-state index in [1.54, 1.807) is 0 Å². The summed E-state index contributed by atoms with van der Waals surface area (Å²) >= 11 is 1.12. The first kappa shape index (κ1) is 12.5. The predicted molar refractivity (Wildman–Crippen MR) is 60.7 cm³/mol. The number of nitrogens with zero attached hydrogens (tertiary/aromatic N) is 2. The first-order valence-corrected chi connectivity index (χ1v) is 7.46. The van der Waals surface area contributed by atoms with Crippen LogP contribution in [0.4, 0.5) is 0 Å². The lowest BCUT2D eigenvalue weighted by atomic mass is 9.96. The molecule has 0 aliphatic rings. The Morgan fingerprint density at radius 1 is 1.40 bits per heavy atom. The van der Waals surface area contributed by atoms with Crippen LogP contribution in [0.1, 0.15) is 26.6 Å². The van der Waals surface area contributed by atoms with E-state index in [4.69, 9.17) is 0 Å². The van der Waals surface area contributed by atoms with E-state index in [2.05, 4.69) is 15.2 Å².